The van der Waals surface area contributed by atoms with Crippen LogP contribution in [0.3, 0.4) is 0 Å². The highest BCUT2D eigenvalue weighted by molar-refractivity contribution is 5.90. The smallest absolute Gasteiger partial charge is 0.497 e. The SMILES string of the molecule is COc1ccc2c(c1)OC(C1CCC(C(=O)O)CC1)CC2NC(=O)[C@@]1(C)COc2cc3c(cc21)OC(F)(F)O3. The first kappa shape index (κ1) is 25.5. The van der Waals surface area contributed by atoms with Crippen LogP contribution in [-0.2, 0) is 15.0 Å². The molecule has 1 saturated carbocycles. The molecule has 39 heavy (non-hydrogen) atoms. The number of carbonyl (C=O) groups is 2. The van der Waals surface area contributed by atoms with Crippen molar-refractivity contribution in [2.45, 2.75) is 62.9 Å². The molecule has 0 radical (unpaired) electrons. The zero-order valence-electron chi connectivity index (χ0n) is 21.5. The predicted molar refractivity (Wildman–Crippen MR) is 131 cm³/mol. The van der Waals surface area contributed by atoms with E-state index in [1.165, 1.54) is 12.1 Å². The number of ether oxygens (including phenoxy) is 5. The van der Waals surface area contributed by atoms with E-state index in [4.69, 9.17) is 14.2 Å². The lowest BCUT2D eigenvalue weighted by atomic mass is 9.76. The number of amides is 1. The van der Waals surface area contributed by atoms with E-state index in [2.05, 4.69) is 14.8 Å². The lowest BCUT2D eigenvalue weighted by molar-refractivity contribution is -0.286. The zero-order chi connectivity index (χ0) is 27.5. The summed E-state index contributed by atoms with van der Waals surface area (Å²) in [4.78, 5) is 25.2. The maximum absolute atomic E-state index is 13.8. The maximum Gasteiger partial charge on any atom is 0.586 e. The minimum absolute atomic E-state index is 0.0226. The van der Waals surface area contributed by atoms with Crippen molar-refractivity contribution in [1.29, 1.82) is 0 Å². The molecule has 1 amide bonds. The average Bonchev–Trinajstić information content (AvgIpc) is 3.41. The van der Waals surface area contributed by atoms with E-state index < -0.39 is 23.7 Å². The van der Waals surface area contributed by atoms with Crippen LogP contribution in [-0.4, -0.2) is 43.1 Å². The summed E-state index contributed by atoms with van der Waals surface area (Å²) >= 11 is 0. The van der Waals surface area contributed by atoms with E-state index in [1.54, 1.807) is 26.2 Å². The predicted octanol–water partition coefficient (Wildman–Crippen LogP) is 4.57. The van der Waals surface area contributed by atoms with E-state index >= 15 is 0 Å². The monoisotopic (exact) mass is 545 g/mol. The second-order valence-corrected chi connectivity index (χ2v) is 10.9. The molecule has 1 fully saturated rings. The van der Waals surface area contributed by atoms with Gasteiger partial charge < -0.3 is 34.1 Å². The van der Waals surface area contributed by atoms with Gasteiger partial charge in [-0.05, 0) is 56.7 Å². The number of carbonyl (C=O) groups excluding carboxylic acids is 1. The van der Waals surface area contributed by atoms with Crippen molar-refractivity contribution >= 4 is 11.9 Å². The minimum atomic E-state index is -3.78. The number of methoxy groups -OCH3 is 1. The number of aliphatic carboxylic acids is 1. The standard InChI is InChI=1S/C28H29F2NO8/c1-27(13-36-22-12-24-23(10-18(22)27)38-28(29,30)39-24)26(34)31-19-11-20(14-3-5-15(6-4-14)25(32)33)37-21-9-16(35-2)7-8-17(19)21/h7-10,12,14-15,19-20H,3-6,11,13H2,1-2H3,(H,31,34)(H,32,33)/t14?,15?,19?,20?,27-/m0/s1. The Hall–Kier alpha value is -3.76. The van der Waals surface area contributed by atoms with Crippen LogP contribution in [0.15, 0.2) is 30.3 Å². The van der Waals surface area contributed by atoms with Crippen molar-refractivity contribution in [2.75, 3.05) is 13.7 Å². The Bertz CT molecular complexity index is 1320. The van der Waals surface area contributed by atoms with E-state index in [9.17, 15) is 23.5 Å². The molecular weight excluding hydrogens is 516 g/mol. The first-order valence-electron chi connectivity index (χ1n) is 13.0. The molecule has 6 rings (SSSR count). The minimum Gasteiger partial charge on any atom is -0.497 e. The largest absolute Gasteiger partial charge is 0.586 e. The molecule has 0 saturated heterocycles. The number of halogens is 2. The second kappa shape index (κ2) is 9.17. The van der Waals surface area contributed by atoms with Crippen LogP contribution in [0.4, 0.5) is 8.78 Å². The van der Waals surface area contributed by atoms with Crippen molar-refractivity contribution in [2.24, 2.45) is 11.8 Å². The maximum atomic E-state index is 13.8. The van der Waals surface area contributed by atoms with Gasteiger partial charge in [-0.25, -0.2) is 0 Å². The fourth-order valence-electron chi connectivity index (χ4n) is 6.10. The first-order chi connectivity index (χ1) is 18.6. The van der Waals surface area contributed by atoms with E-state index in [0.717, 1.165) is 18.4 Å². The molecule has 4 aliphatic rings. The quantitative estimate of drug-likeness (QED) is 0.562. The van der Waals surface area contributed by atoms with Gasteiger partial charge in [-0.1, -0.05) is 0 Å². The van der Waals surface area contributed by atoms with Crippen LogP contribution in [0.2, 0.25) is 0 Å². The van der Waals surface area contributed by atoms with Crippen molar-refractivity contribution in [3.8, 4) is 28.7 Å². The molecule has 2 N–H and O–H groups in total. The summed E-state index contributed by atoms with van der Waals surface area (Å²) in [5.74, 6) is -0.0662. The summed E-state index contributed by atoms with van der Waals surface area (Å²) in [5, 5.41) is 12.5. The molecule has 0 aromatic heterocycles. The van der Waals surface area contributed by atoms with Crippen molar-refractivity contribution < 1.29 is 47.2 Å². The van der Waals surface area contributed by atoms with Gasteiger partial charge in [-0.2, -0.15) is 0 Å². The molecule has 3 heterocycles. The third-order valence-electron chi connectivity index (χ3n) is 8.41. The van der Waals surface area contributed by atoms with Crippen molar-refractivity contribution in [3.63, 3.8) is 0 Å². The molecule has 2 aromatic carbocycles. The summed E-state index contributed by atoms with van der Waals surface area (Å²) in [6.45, 7) is 1.72. The fraction of sp³-hybridized carbons (Fsp3) is 0.500. The van der Waals surface area contributed by atoms with Crippen LogP contribution >= 0.6 is 0 Å². The molecule has 9 nitrogen and oxygen atoms in total. The Morgan fingerprint density at radius 3 is 2.44 bits per heavy atom. The number of fused-ring (bicyclic) bond motifs is 3. The van der Waals surface area contributed by atoms with Crippen LogP contribution in [0.25, 0.3) is 0 Å². The summed E-state index contributed by atoms with van der Waals surface area (Å²) in [6.07, 6.45) is -0.879. The third kappa shape index (κ3) is 4.47. The van der Waals surface area contributed by atoms with Crippen LogP contribution in [0.1, 0.15) is 56.2 Å². The highest BCUT2D eigenvalue weighted by Crippen LogP contribution is 2.50. The van der Waals surface area contributed by atoms with E-state index in [0.29, 0.717) is 36.3 Å². The highest BCUT2D eigenvalue weighted by atomic mass is 19.3. The van der Waals surface area contributed by atoms with Gasteiger partial charge in [-0.3, -0.25) is 9.59 Å². The lowest BCUT2D eigenvalue weighted by Gasteiger charge is -2.39. The molecule has 2 unspecified atom stereocenters. The number of nitrogens with one attached hydrogen (secondary N) is 1. The van der Waals surface area contributed by atoms with Gasteiger partial charge in [0.2, 0.25) is 5.91 Å². The lowest BCUT2D eigenvalue weighted by Crippen LogP contribution is -2.47. The number of carboxylic acids is 1. The van der Waals surface area contributed by atoms with E-state index in [-0.39, 0.29) is 47.7 Å². The molecule has 0 bridgehead atoms. The number of carboxylic acid groups (broad SMARTS) is 1. The molecule has 1 aliphatic carbocycles. The Balaban J connectivity index is 1.25. The molecular formula is C28H29F2NO8. The van der Waals surface area contributed by atoms with Crippen LogP contribution in [0, 0.1) is 11.8 Å². The average molecular weight is 546 g/mol. The summed E-state index contributed by atoms with van der Waals surface area (Å²) < 4.78 is 53.9. The van der Waals surface area contributed by atoms with Gasteiger partial charge in [0.15, 0.2) is 11.5 Å². The molecule has 11 heteroatoms. The van der Waals surface area contributed by atoms with Gasteiger partial charge in [0, 0.05) is 29.7 Å². The Kier molecular flexibility index (Phi) is 6.00. The normalized spacial score (nSPS) is 29.8. The van der Waals surface area contributed by atoms with Gasteiger partial charge in [0.1, 0.15) is 35.4 Å². The number of alkyl halides is 2. The van der Waals surface area contributed by atoms with Crippen LogP contribution < -0.4 is 29.0 Å². The summed E-state index contributed by atoms with van der Waals surface area (Å²) in [6, 6.07) is 7.76. The van der Waals surface area contributed by atoms with Crippen LogP contribution in [0.5, 0.6) is 28.7 Å². The highest BCUT2D eigenvalue weighted by Gasteiger charge is 2.49. The number of hydrogen-bond donors (Lipinski definition) is 2. The Morgan fingerprint density at radius 1 is 1.03 bits per heavy atom. The molecule has 3 atom stereocenters. The fourth-order valence-corrected chi connectivity index (χ4v) is 6.10. The van der Waals surface area contributed by atoms with Gasteiger partial charge >= 0.3 is 12.3 Å². The van der Waals surface area contributed by atoms with E-state index in [1.807, 2.05) is 6.07 Å². The number of hydrogen-bond acceptors (Lipinski definition) is 7. The summed E-state index contributed by atoms with van der Waals surface area (Å²) in [7, 11) is 1.56. The molecule has 2 aromatic rings. The Morgan fingerprint density at radius 2 is 1.74 bits per heavy atom. The third-order valence-corrected chi connectivity index (χ3v) is 8.41. The van der Waals surface area contributed by atoms with Crippen molar-refractivity contribution in [1.82, 2.24) is 5.32 Å². The van der Waals surface area contributed by atoms with Crippen molar-refractivity contribution in [3.05, 3.63) is 41.5 Å². The number of rotatable bonds is 5. The summed E-state index contributed by atoms with van der Waals surface area (Å²) in [5.41, 5.74) is 0.0734. The molecule has 208 valence electrons. The second-order valence-electron chi connectivity index (χ2n) is 10.9. The van der Waals surface area contributed by atoms with Gasteiger partial charge in [0.05, 0.1) is 19.1 Å². The van der Waals surface area contributed by atoms with Gasteiger partial charge in [0.25, 0.3) is 0 Å². The molecule has 0 spiro atoms. The first-order valence-corrected chi connectivity index (χ1v) is 13.0. The zero-order valence-corrected chi connectivity index (χ0v) is 21.5. The molecule has 3 aliphatic heterocycles. The van der Waals surface area contributed by atoms with Gasteiger partial charge in [-0.15, -0.1) is 8.78 Å². The number of benzene rings is 2. The Labute approximate surface area is 223 Å². The topological polar surface area (TPSA) is 113 Å².